The summed E-state index contributed by atoms with van der Waals surface area (Å²) in [7, 11) is 0. The molecule has 0 radical (unpaired) electrons. The molecule has 18 heavy (non-hydrogen) atoms. The van der Waals surface area contributed by atoms with Crippen LogP contribution in [0.5, 0.6) is 0 Å². The van der Waals surface area contributed by atoms with E-state index in [0.717, 1.165) is 18.5 Å². The lowest BCUT2D eigenvalue weighted by atomic mass is 9.84. The predicted molar refractivity (Wildman–Crippen MR) is 80.2 cm³/mol. The average Bonchev–Trinajstić information content (AvgIpc) is 2.71. The highest BCUT2D eigenvalue weighted by atomic mass is 32.1. The molecule has 0 saturated heterocycles. The highest BCUT2D eigenvalue weighted by Gasteiger charge is 2.25. The van der Waals surface area contributed by atoms with Crippen LogP contribution in [0, 0.1) is 5.41 Å². The Morgan fingerprint density at radius 1 is 1.28 bits per heavy atom. The van der Waals surface area contributed by atoms with Crippen LogP contribution in [0.1, 0.15) is 32.6 Å². The minimum absolute atomic E-state index is 0.265. The molecular weight excluding hydrogens is 240 g/mol. The second kappa shape index (κ2) is 5.37. The van der Waals surface area contributed by atoms with E-state index in [1.165, 1.54) is 10.3 Å². The summed E-state index contributed by atoms with van der Waals surface area (Å²) in [5.41, 5.74) is 1.39. The van der Waals surface area contributed by atoms with Crippen molar-refractivity contribution in [3.8, 4) is 0 Å². The summed E-state index contributed by atoms with van der Waals surface area (Å²) in [4.78, 5) is 1.39. The molecule has 1 N–H and O–H groups in total. The quantitative estimate of drug-likeness (QED) is 0.905. The van der Waals surface area contributed by atoms with Crippen LogP contribution in [0.25, 0.3) is 10.9 Å². The number of hydrogen-bond acceptors (Lipinski definition) is 3. The van der Waals surface area contributed by atoms with Gasteiger partial charge in [-0.1, -0.05) is 45.9 Å². The monoisotopic (exact) mass is 262 g/mol. The van der Waals surface area contributed by atoms with Crippen molar-refractivity contribution >= 4 is 22.4 Å². The summed E-state index contributed by atoms with van der Waals surface area (Å²) in [6.45, 7) is 10.1. The van der Waals surface area contributed by atoms with Gasteiger partial charge in [0.15, 0.2) is 0 Å². The molecule has 2 aromatic rings. The number of aromatic nitrogens is 1. The molecule has 0 aliphatic carbocycles. The van der Waals surface area contributed by atoms with Gasteiger partial charge in [0.25, 0.3) is 0 Å². The molecule has 2 rings (SSSR count). The lowest BCUT2D eigenvalue weighted by molar-refractivity contribution is 0.271. The Labute approximate surface area is 114 Å². The number of nitrogens with zero attached hydrogens (tertiary/aromatic N) is 1. The van der Waals surface area contributed by atoms with E-state index in [2.05, 4.69) is 61.7 Å². The fraction of sp³-hybridized carbons (Fsp3) is 0.533. The number of nitrogens with one attached hydrogen (secondary N) is 1. The van der Waals surface area contributed by atoms with Crippen LogP contribution in [-0.4, -0.2) is 17.0 Å². The second-order valence-corrected chi connectivity index (χ2v) is 6.66. The maximum absolute atomic E-state index is 4.53. The summed E-state index contributed by atoms with van der Waals surface area (Å²) in [5, 5.41) is 4.92. The van der Waals surface area contributed by atoms with Crippen molar-refractivity contribution in [2.24, 2.45) is 5.41 Å². The van der Waals surface area contributed by atoms with Crippen LogP contribution in [0.2, 0.25) is 0 Å². The van der Waals surface area contributed by atoms with Crippen LogP contribution in [0.4, 0.5) is 0 Å². The van der Waals surface area contributed by atoms with Crippen molar-refractivity contribution in [3.63, 3.8) is 0 Å². The Bertz CT molecular complexity index is 510. The Balaban J connectivity index is 2.26. The lowest BCUT2D eigenvalue weighted by Crippen LogP contribution is -2.41. The smallest absolute Gasteiger partial charge is 0.0843 e. The van der Waals surface area contributed by atoms with E-state index in [9.17, 15) is 0 Å². The molecule has 1 aromatic carbocycles. The van der Waals surface area contributed by atoms with Gasteiger partial charge in [-0.15, -0.1) is 0 Å². The summed E-state index contributed by atoms with van der Waals surface area (Å²) in [6, 6.07) is 8.91. The molecule has 2 nitrogen and oxygen atoms in total. The zero-order valence-electron chi connectivity index (χ0n) is 11.7. The van der Waals surface area contributed by atoms with Gasteiger partial charge >= 0.3 is 0 Å². The third-order valence-corrected chi connectivity index (χ3v) is 4.24. The number of benzene rings is 1. The minimum atomic E-state index is 0.265. The van der Waals surface area contributed by atoms with Gasteiger partial charge in [-0.3, -0.25) is 0 Å². The molecule has 1 aromatic heterocycles. The zero-order valence-corrected chi connectivity index (χ0v) is 12.5. The molecule has 98 valence electrons. The van der Waals surface area contributed by atoms with Crippen molar-refractivity contribution < 1.29 is 0 Å². The first-order chi connectivity index (χ1) is 8.52. The molecule has 0 aliphatic rings. The number of fused-ring (bicyclic) bond motifs is 1. The molecule has 0 saturated carbocycles. The normalized spacial score (nSPS) is 14.0. The molecule has 0 bridgehead atoms. The van der Waals surface area contributed by atoms with Gasteiger partial charge in [-0.25, -0.2) is 0 Å². The number of hydrogen-bond donors (Lipinski definition) is 1. The van der Waals surface area contributed by atoms with Crippen molar-refractivity contribution in [3.05, 3.63) is 29.1 Å². The number of likely N-dealkylation sites (N-methyl/N-ethyl adjacent to an activating group) is 1. The second-order valence-electron chi connectivity index (χ2n) is 5.80. The van der Waals surface area contributed by atoms with Crippen LogP contribution in [-0.2, 0) is 6.42 Å². The zero-order chi connectivity index (χ0) is 13.2. The molecule has 0 aliphatic heterocycles. The van der Waals surface area contributed by atoms with Gasteiger partial charge in [0, 0.05) is 16.3 Å². The van der Waals surface area contributed by atoms with E-state index in [1.54, 1.807) is 11.5 Å². The lowest BCUT2D eigenvalue weighted by Gasteiger charge is -2.31. The largest absolute Gasteiger partial charge is 0.313 e. The average molecular weight is 262 g/mol. The summed E-state index contributed by atoms with van der Waals surface area (Å²) >= 11 is 1.64. The maximum Gasteiger partial charge on any atom is 0.0843 e. The van der Waals surface area contributed by atoms with Gasteiger partial charge in [0.05, 0.1) is 5.52 Å². The third kappa shape index (κ3) is 2.90. The Kier molecular flexibility index (Phi) is 4.03. The van der Waals surface area contributed by atoms with Gasteiger partial charge in [0.1, 0.15) is 0 Å². The molecule has 1 atom stereocenters. The molecule has 1 heterocycles. The van der Waals surface area contributed by atoms with E-state index < -0.39 is 0 Å². The van der Waals surface area contributed by atoms with Gasteiger partial charge < -0.3 is 5.32 Å². The van der Waals surface area contributed by atoms with Crippen molar-refractivity contribution in [1.29, 1.82) is 0 Å². The fourth-order valence-electron chi connectivity index (χ4n) is 2.21. The van der Waals surface area contributed by atoms with Crippen LogP contribution in [0.15, 0.2) is 24.3 Å². The predicted octanol–water partition coefficient (Wildman–Crippen LogP) is 3.86. The van der Waals surface area contributed by atoms with Crippen molar-refractivity contribution in [1.82, 2.24) is 9.69 Å². The Morgan fingerprint density at radius 2 is 2.00 bits per heavy atom. The van der Waals surface area contributed by atoms with Gasteiger partial charge in [0.2, 0.25) is 0 Å². The highest BCUT2D eigenvalue weighted by Crippen LogP contribution is 2.28. The highest BCUT2D eigenvalue weighted by molar-refractivity contribution is 7.07. The summed E-state index contributed by atoms with van der Waals surface area (Å²) in [5.74, 6) is 0. The summed E-state index contributed by atoms with van der Waals surface area (Å²) < 4.78 is 4.53. The van der Waals surface area contributed by atoms with E-state index in [4.69, 9.17) is 0 Å². The standard InChI is InChI=1S/C15H22N2S/c1-5-16-14(15(2,3)4)10-13-11-8-6-7-9-12(11)17-18-13/h6-9,14,16H,5,10H2,1-4H3. The first-order valence-electron chi connectivity index (χ1n) is 6.59. The van der Waals surface area contributed by atoms with Crippen molar-refractivity contribution in [2.45, 2.75) is 40.2 Å². The molecule has 1 unspecified atom stereocenters. The fourth-order valence-corrected chi connectivity index (χ4v) is 3.09. The van der Waals surface area contributed by atoms with Crippen molar-refractivity contribution in [2.75, 3.05) is 6.54 Å². The van der Waals surface area contributed by atoms with E-state index >= 15 is 0 Å². The first-order valence-corrected chi connectivity index (χ1v) is 7.36. The van der Waals surface area contributed by atoms with Gasteiger partial charge in [-0.2, -0.15) is 4.37 Å². The molecule has 3 heteroatoms. The van der Waals surface area contributed by atoms with Crippen LogP contribution < -0.4 is 5.32 Å². The minimum Gasteiger partial charge on any atom is -0.313 e. The molecule has 0 spiro atoms. The Hall–Kier alpha value is -0.930. The van der Waals surface area contributed by atoms with Crippen LogP contribution >= 0.6 is 11.5 Å². The topological polar surface area (TPSA) is 24.9 Å². The first kappa shape index (κ1) is 13.5. The molecular formula is C15H22N2S. The van der Waals surface area contributed by atoms with E-state index in [-0.39, 0.29) is 5.41 Å². The maximum atomic E-state index is 4.53. The third-order valence-electron chi connectivity index (χ3n) is 3.34. The number of rotatable bonds is 4. The van der Waals surface area contributed by atoms with Crippen LogP contribution in [0.3, 0.4) is 0 Å². The van der Waals surface area contributed by atoms with E-state index in [0.29, 0.717) is 6.04 Å². The summed E-state index contributed by atoms with van der Waals surface area (Å²) in [6.07, 6.45) is 1.06. The SMILES string of the molecule is CCNC(Cc1snc2ccccc12)C(C)(C)C. The van der Waals surface area contributed by atoms with E-state index in [1.807, 2.05) is 0 Å². The Morgan fingerprint density at radius 3 is 2.67 bits per heavy atom. The molecule has 0 amide bonds. The molecule has 0 fully saturated rings. The van der Waals surface area contributed by atoms with Gasteiger partial charge in [-0.05, 0) is 36.0 Å².